The highest BCUT2D eigenvalue weighted by Crippen LogP contribution is 2.36. The van der Waals surface area contributed by atoms with Crippen molar-refractivity contribution >= 4 is 11.8 Å². The van der Waals surface area contributed by atoms with E-state index in [1.54, 1.807) is 6.20 Å². The van der Waals surface area contributed by atoms with Crippen molar-refractivity contribution in [1.82, 2.24) is 9.97 Å². The van der Waals surface area contributed by atoms with Gasteiger partial charge in [-0.1, -0.05) is 43.7 Å². The lowest BCUT2D eigenvalue weighted by Crippen LogP contribution is -2.41. The number of aryl methyl sites for hydroxylation is 1. The molecule has 1 heterocycles. The number of aliphatic hydroxyl groups excluding tert-OH is 1. The fraction of sp³-hybridized carbons (Fsp3) is 0.500. The van der Waals surface area contributed by atoms with Crippen LogP contribution in [0.4, 0.5) is 11.8 Å². The summed E-state index contributed by atoms with van der Waals surface area (Å²) in [4.78, 5) is 8.80. The van der Waals surface area contributed by atoms with Gasteiger partial charge in [0.2, 0.25) is 5.95 Å². The fourth-order valence-corrected chi connectivity index (χ4v) is 3.78. The zero-order valence-corrected chi connectivity index (χ0v) is 16.9. The first-order valence-corrected chi connectivity index (χ1v) is 9.88. The lowest BCUT2D eigenvalue weighted by Gasteiger charge is -2.40. The zero-order valence-electron chi connectivity index (χ0n) is 16.9. The Morgan fingerprint density at radius 3 is 2.86 bits per heavy atom. The molecule has 148 valence electrons. The van der Waals surface area contributed by atoms with E-state index in [9.17, 15) is 10.4 Å². The lowest BCUT2D eigenvalue weighted by molar-refractivity contribution is 0.00926. The van der Waals surface area contributed by atoms with E-state index in [1.165, 1.54) is 11.1 Å². The van der Waals surface area contributed by atoms with E-state index in [2.05, 4.69) is 71.7 Å². The highest BCUT2D eigenvalue weighted by atomic mass is 16.3. The summed E-state index contributed by atoms with van der Waals surface area (Å²) in [6.45, 7) is 6.96. The van der Waals surface area contributed by atoms with Gasteiger partial charge < -0.3 is 15.7 Å². The van der Waals surface area contributed by atoms with Crippen LogP contribution in [-0.2, 0) is 6.42 Å². The van der Waals surface area contributed by atoms with Crippen molar-refractivity contribution in [2.45, 2.75) is 58.6 Å². The smallest absolute Gasteiger partial charge is 0.224 e. The van der Waals surface area contributed by atoms with Crippen molar-refractivity contribution in [2.24, 2.45) is 5.41 Å². The van der Waals surface area contributed by atoms with Crippen LogP contribution in [0.3, 0.4) is 0 Å². The molecule has 6 nitrogen and oxygen atoms in total. The minimum Gasteiger partial charge on any atom is -0.393 e. The zero-order chi connectivity index (χ0) is 20.1. The van der Waals surface area contributed by atoms with E-state index >= 15 is 0 Å². The monoisotopic (exact) mass is 379 g/mol. The number of aromatic nitrogens is 2. The topological polar surface area (TPSA) is 93.9 Å². The average Bonchev–Trinajstić information content (AvgIpc) is 2.65. The van der Waals surface area contributed by atoms with Gasteiger partial charge in [0.15, 0.2) is 0 Å². The number of benzene rings is 1. The van der Waals surface area contributed by atoms with Crippen LogP contribution in [0, 0.1) is 23.7 Å². The lowest BCUT2D eigenvalue weighted by atomic mass is 9.73. The molecule has 1 aromatic carbocycles. The number of hydrogen-bond donors (Lipinski definition) is 3. The predicted octanol–water partition coefficient (Wildman–Crippen LogP) is 3.66. The van der Waals surface area contributed by atoms with E-state index in [4.69, 9.17) is 0 Å². The molecular weight excluding hydrogens is 350 g/mol. The molecule has 2 atom stereocenters. The Kier molecular flexibility index (Phi) is 6.15. The summed E-state index contributed by atoms with van der Waals surface area (Å²) in [6, 6.07) is 10.8. The van der Waals surface area contributed by atoms with Crippen molar-refractivity contribution in [3.8, 4) is 6.07 Å². The van der Waals surface area contributed by atoms with Crippen molar-refractivity contribution in [3.63, 3.8) is 0 Å². The maximum atomic E-state index is 10.2. The van der Waals surface area contributed by atoms with Crippen molar-refractivity contribution in [2.75, 3.05) is 17.2 Å². The molecule has 3 N–H and O–H groups in total. The van der Waals surface area contributed by atoms with Gasteiger partial charge in [-0.15, -0.1) is 0 Å². The second-order valence-corrected chi connectivity index (χ2v) is 8.36. The summed E-state index contributed by atoms with van der Waals surface area (Å²) in [5.41, 5.74) is 2.81. The summed E-state index contributed by atoms with van der Waals surface area (Å²) in [6.07, 6.45) is 4.59. The maximum Gasteiger partial charge on any atom is 0.224 e. The Morgan fingerprint density at radius 1 is 1.32 bits per heavy atom. The SMILES string of the molecule is Cc1cccc(CCNc2ncc(C#N)c(N[C@@H]3CC[C@@H](O)C(C)(C)C3)n2)c1. The molecule has 1 aliphatic carbocycles. The molecule has 1 aromatic heterocycles. The molecular formula is C22H29N5O. The summed E-state index contributed by atoms with van der Waals surface area (Å²) < 4.78 is 0. The first kappa shape index (κ1) is 20.1. The largest absolute Gasteiger partial charge is 0.393 e. The molecule has 0 saturated heterocycles. The second kappa shape index (κ2) is 8.57. The summed E-state index contributed by atoms with van der Waals surface area (Å²) in [5, 5.41) is 26.2. The Hall–Kier alpha value is -2.65. The molecule has 6 heteroatoms. The molecule has 2 aromatic rings. The number of aliphatic hydroxyl groups is 1. The number of nitrogens with one attached hydrogen (secondary N) is 2. The van der Waals surface area contributed by atoms with Gasteiger partial charge in [-0.25, -0.2) is 4.98 Å². The van der Waals surface area contributed by atoms with Crippen LogP contribution < -0.4 is 10.6 Å². The first-order valence-electron chi connectivity index (χ1n) is 9.88. The average molecular weight is 380 g/mol. The van der Waals surface area contributed by atoms with Crippen LogP contribution in [0.2, 0.25) is 0 Å². The van der Waals surface area contributed by atoms with Crippen LogP contribution >= 0.6 is 0 Å². The normalized spacial score (nSPS) is 21.0. The third-order valence-electron chi connectivity index (χ3n) is 5.49. The predicted molar refractivity (Wildman–Crippen MR) is 111 cm³/mol. The number of nitrogens with zero attached hydrogens (tertiary/aromatic N) is 3. The van der Waals surface area contributed by atoms with Gasteiger partial charge in [-0.2, -0.15) is 10.2 Å². The van der Waals surface area contributed by atoms with E-state index in [0.717, 1.165) is 32.2 Å². The van der Waals surface area contributed by atoms with Crippen LogP contribution in [0.1, 0.15) is 49.8 Å². The van der Waals surface area contributed by atoms with Gasteiger partial charge in [0.05, 0.1) is 12.3 Å². The van der Waals surface area contributed by atoms with Crippen molar-refractivity contribution in [3.05, 3.63) is 47.2 Å². The highest BCUT2D eigenvalue weighted by molar-refractivity contribution is 5.54. The van der Waals surface area contributed by atoms with Crippen molar-refractivity contribution < 1.29 is 5.11 Å². The van der Waals surface area contributed by atoms with Gasteiger partial charge >= 0.3 is 0 Å². The van der Waals surface area contributed by atoms with Gasteiger partial charge in [0.25, 0.3) is 0 Å². The molecule has 0 spiro atoms. The van der Waals surface area contributed by atoms with E-state index in [0.29, 0.717) is 17.3 Å². The molecule has 0 bridgehead atoms. The third-order valence-corrected chi connectivity index (χ3v) is 5.49. The van der Waals surface area contributed by atoms with E-state index in [1.807, 2.05) is 0 Å². The molecule has 1 aliphatic rings. The van der Waals surface area contributed by atoms with Crippen molar-refractivity contribution in [1.29, 1.82) is 5.26 Å². The molecule has 3 rings (SSSR count). The Labute approximate surface area is 167 Å². The van der Waals surface area contributed by atoms with Crippen LogP contribution in [-0.4, -0.2) is 33.8 Å². The summed E-state index contributed by atoms with van der Waals surface area (Å²) in [5.74, 6) is 1.08. The molecule has 28 heavy (non-hydrogen) atoms. The Bertz CT molecular complexity index is 858. The van der Waals surface area contributed by atoms with E-state index < -0.39 is 0 Å². The van der Waals surface area contributed by atoms with Crippen LogP contribution in [0.5, 0.6) is 0 Å². The van der Waals surface area contributed by atoms with Crippen LogP contribution in [0.25, 0.3) is 0 Å². The second-order valence-electron chi connectivity index (χ2n) is 8.36. The molecule has 0 unspecified atom stereocenters. The first-order chi connectivity index (χ1) is 13.4. The Balaban J connectivity index is 1.64. The molecule has 1 saturated carbocycles. The van der Waals surface area contributed by atoms with E-state index in [-0.39, 0.29) is 17.6 Å². The van der Waals surface area contributed by atoms with Gasteiger partial charge in [0, 0.05) is 12.6 Å². The van der Waals surface area contributed by atoms with Gasteiger partial charge in [-0.3, -0.25) is 0 Å². The molecule has 0 radical (unpaired) electrons. The summed E-state index contributed by atoms with van der Waals surface area (Å²) >= 11 is 0. The number of hydrogen-bond acceptors (Lipinski definition) is 6. The number of rotatable bonds is 6. The molecule has 1 fully saturated rings. The quantitative estimate of drug-likeness (QED) is 0.709. The number of anilines is 2. The Morgan fingerprint density at radius 2 is 2.14 bits per heavy atom. The summed E-state index contributed by atoms with van der Waals surface area (Å²) in [7, 11) is 0. The standard InChI is InChI=1S/C22H29N5O/c1-15-5-4-6-16(11-15)9-10-24-21-25-14-17(13-23)20(27-21)26-18-7-8-19(28)22(2,3)12-18/h4-6,11,14,18-19,28H,7-10,12H2,1-3H3,(H2,24,25,26,27)/t18-,19-/m1/s1. The van der Waals surface area contributed by atoms with Crippen LogP contribution in [0.15, 0.2) is 30.5 Å². The minimum absolute atomic E-state index is 0.148. The maximum absolute atomic E-state index is 10.2. The minimum atomic E-state index is -0.287. The fourth-order valence-electron chi connectivity index (χ4n) is 3.78. The molecule has 0 aliphatic heterocycles. The van der Waals surface area contributed by atoms with Gasteiger partial charge in [0.1, 0.15) is 17.5 Å². The molecule has 0 amide bonds. The highest BCUT2D eigenvalue weighted by Gasteiger charge is 2.35. The number of nitriles is 1. The third kappa shape index (κ3) is 4.99. The van der Waals surface area contributed by atoms with Gasteiger partial charge in [-0.05, 0) is 43.6 Å².